The summed E-state index contributed by atoms with van der Waals surface area (Å²) >= 11 is 6.73. The predicted octanol–water partition coefficient (Wildman–Crippen LogP) is 4.40. The van der Waals surface area contributed by atoms with Crippen molar-refractivity contribution in [3.63, 3.8) is 0 Å². The van der Waals surface area contributed by atoms with E-state index in [1.54, 1.807) is 0 Å². The minimum Gasteiger partial charge on any atom is -0.494 e. The van der Waals surface area contributed by atoms with Crippen molar-refractivity contribution < 1.29 is 38.1 Å². The number of benzene rings is 2. The highest BCUT2D eigenvalue weighted by atomic mass is 127. The standard InChI is InChI=1S/C26H29IO8S/c1-5-31-20-9-6-17(7-10-20)12-19-13-18(8-11-21(19)27)22-23(32-14(2)28)24(33-15(3)29)25(26(36)35-22)34-16(4)30/h6-11,13,22-26,36H,5,12H2,1-4H3/t22-,23-,24+,25-,26+/m0/s1. The number of hydrogen-bond donors (Lipinski definition) is 1. The van der Waals surface area contributed by atoms with E-state index in [0.717, 1.165) is 20.4 Å². The van der Waals surface area contributed by atoms with Crippen molar-refractivity contribution in [1.29, 1.82) is 0 Å². The molecular formula is C26H29IO8S. The Kier molecular flexibility index (Phi) is 10.0. The van der Waals surface area contributed by atoms with Crippen LogP contribution in [0.3, 0.4) is 0 Å². The Morgan fingerprint density at radius 2 is 1.47 bits per heavy atom. The summed E-state index contributed by atoms with van der Waals surface area (Å²) in [6.45, 7) is 6.25. The monoisotopic (exact) mass is 628 g/mol. The van der Waals surface area contributed by atoms with E-state index in [9.17, 15) is 14.4 Å². The molecule has 2 aromatic carbocycles. The van der Waals surface area contributed by atoms with Crippen molar-refractivity contribution in [3.05, 3.63) is 62.7 Å². The number of carbonyl (C=O) groups is 3. The SMILES string of the molecule is CCOc1ccc(Cc2cc([C@@H]3O[C@H](S)[C@@H](OC(C)=O)[C@H](OC(C)=O)[C@H]3OC(C)=O)ccc2I)cc1. The fourth-order valence-electron chi connectivity index (χ4n) is 4.06. The average molecular weight is 628 g/mol. The van der Waals surface area contributed by atoms with Gasteiger partial charge < -0.3 is 23.7 Å². The van der Waals surface area contributed by atoms with Crippen molar-refractivity contribution in [2.75, 3.05) is 6.61 Å². The van der Waals surface area contributed by atoms with Gasteiger partial charge >= 0.3 is 17.9 Å². The van der Waals surface area contributed by atoms with Gasteiger partial charge in [-0.2, -0.15) is 0 Å². The van der Waals surface area contributed by atoms with Gasteiger partial charge in [0.1, 0.15) is 17.3 Å². The topological polar surface area (TPSA) is 97.4 Å². The first-order chi connectivity index (χ1) is 17.1. The third-order valence-corrected chi connectivity index (χ3v) is 6.91. The zero-order chi connectivity index (χ0) is 26.4. The van der Waals surface area contributed by atoms with Gasteiger partial charge in [-0.25, -0.2) is 0 Å². The zero-order valence-electron chi connectivity index (χ0n) is 20.4. The number of rotatable bonds is 8. The first kappa shape index (κ1) is 28.3. The van der Waals surface area contributed by atoms with Crippen LogP contribution in [0.2, 0.25) is 0 Å². The molecule has 0 N–H and O–H groups in total. The van der Waals surface area contributed by atoms with Crippen molar-refractivity contribution in [3.8, 4) is 5.75 Å². The van der Waals surface area contributed by atoms with E-state index < -0.39 is 47.8 Å². The normalized spacial score (nSPS) is 23.4. The summed E-state index contributed by atoms with van der Waals surface area (Å²) in [7, 11) is 0. The summed E-state index contributed by atoms with van der Waals surface area (Å²) in [6.07, 6.45) is -3.40. The molecule has 1 heterocycles. The molecule has 0 unspecified atom stereocenters. The highest BCUT2D eigenvalue weighted by Crippen LogP contribution is 2.39. The van der Waals surface area contributed by atoms with Gasteiger partial charge in [0.05, 0.1) is 6.61 Å². The largest absolute Gasteiger partial charge is 0.494 e. The van der Waals surface area contributed by atoms with Crippen LogP contribution in [-0.2, 0) is 39.8 Å². The fraction of sp³-hybridized carbons (Fsp3) is 0.423. The Hall–Kier alpha value is -2.31. The second-order valence-electron chi connectivity index (χ2n) is 8.27. The fourth-order valence-corrected chi connectivity index (χ4v) is 4.94. The lowest BCUT2D eigenvalue weighted by Gasteiger charge is -2.43. The number of thiol groups is 1. The van der Waals surface area contributed by atoms with Crippen LogP contribution in [0.1, 0.15) is 50.5 Å². The molecule has 0 radical (unpaired) electrons. The van der Waals surface area contributed by atoms with Gasteiger partial charge in [0, 0.05) is 24.3 Å². The first-order valence-corrected chi connectivity index (χ1v) is 13.0. The highest BCUT2D eigenvalue weighted by molar-refractivity contribution is 14.1. The third-order valence-electron chi connectivity index (χ3n) is 5.45. The van der Waals surface area contributed by atoms with Crippen molar-refractivity contribution in [2.45, 2.75) is 64.0 Å². The molecule has 10 heteroatoms. The number of hydrogen-bond acceptors (Lipinski definition) is 9. The Bertz CT molecular complexity index is 1090. The predicted molar refractivity (Wildman–Crippen MR) is 143 cm³/mol. The zero-order valence-corrected chi connectivity index (χ0v) is 23.5. The molecule has 8 nitrogen and oxygen atoms in total. The number of esters is 3. The van der Waals surface area contributed by atoms with E-state index >= 15 is 0 Å². The highest BCUT2D eigenvalue weighted by Gasteiger charge is 2.51. The maximum atomic E-state index is 12.0. The van der Waals surface area contributed by atoms with E-state index in [4.69, 9.17) is 23.7 Å². The number of carbonyl (C=O) groups excluding carboxylic acids is 3. The molecule has 0 saturated carbocycles. The van der Waals surface area contributed by atoms with Gasteiger partial charge in [0.25, 0.3) is 0 Å². The minimum absolute atomic E-state index is 0.593. The van der Waals surface area contributed by atoms with Crippen LogP contribution < -0.4 is 4.74 Å². The summed E-state index contributed by atoms with van der Waals surface area (Å²) in [6, 6.07) is 13.7. The lowest BCUT2D eigenvalue weighted by Crippen LogP contribution is -2.57. The van der Waals surface area contributed by atoms with Crippen LogP contribution in [0, 0.1) is 3.57 Å². The molecule has 36 heavy (non-hydrogen) atoms. The molecule has 0 bridgehead atoms. The minimum atomic E-state index is -1.11. The molecule has 1 aliphatic heterocycles. The second-order valence-corrected chi connectivity index (χ2v) is 9.95. The lowest BCUT2D eigenvalue weighted by atomic mass is 9.92. The molecular weight excluding hydrogens is 599 g/mol. The van der Waals surface area contributed by atoms with Gasteiger partial charge in [-0.05, 0) is 70.8 Å². The number of ether oxygens (including phenoxy) is 5. The molecule has 2 aromatic rings. The third kappa shape index (κ3) is 7.36. The van der Waals surface area contributed by atoms with Crippen molar-refractivity contribution in [2.24, 2.45) is 0 Å². The summed E-state index contributed by atoms with van der Waals surface area (Å²) in [5.74, 6) is -1.01. The quantitative estimate of drug-likeness (QED) is 0.199. The van der Waals surface area contributed by atoms with Crippen molar-refractivity contribution >= 4 is 53.1 Å². The molecule has 1 aliphatic rings. The average Bonchev–Trinajstić information content (AvgIpc) is 2.80. The van der Waals surface area contributed by atoms with Crippen molar-refractivity contribution in [1.82, 2.24) is 0 Å². The molecule has 0 aromatic heterocycles. The molecule has 3 rings (SSSR count). The van der Waals surface area contributed by atoms with E-state index in [0.29, 0.717) is 18.6 Å². The van der Waals surface area contributed by atoms with Crippen LogP contribution in [0.5, 0.6) is 5.75 Å². The Balaban J connectivity index is 1.96. The molecule has 0 spiro atoms. The van der Waals surface area contributed by atoms with E-state index in [2.05, 4.69) is 35.2 Å². The summed E-state index contributed by atoms with van der Waals surface area (Å²) < 4.78 is 29.1. The summed E-state index contributed by atoms with van der Waals surface area (Å²) in [5, 5.41) is 0. The Morgan fingerprint density at radius 1 is 0.889 bits per heavy atom. The number of halogens is 1. The van der Waals surface area contributed by atoms with Gasteiger partial charge in [0.2, 0.25) is 0 Å². The van der Waals surface area contributed by atoms with E-state index in [1.807, 2.05) is 49.4 Å². The summed E-state index contributed by atoms with van der Waals surface area (Å²) in [4.78, 5) is 35.6. The molecule has 5 atom stereocenters. The molecule has 0 amide bonds. The van der Waals surface area contributed by atoms with Gasteiger partial charge in [-0.3, -0.25) is 14.4 Å². The summed E-state index contributed by atoms with van der Waals surface area (Å²) in [5.41, 5.74) is 1.91. The van der Waals surface area contributed by atoms with Gasteiger partial charge in [0.15, 0.2) is 18.3 Å². The van der Waals surface area contributed by atoms with E-state index in [-0.39, 0.29) is 0 Å². The molecule has 1 fully saturated rings. The van der Waals surface area contributed by atoms with Crippen LogP contribution in [-0.4, -0.2) is 48.3 Å². The van der Waals surface area contributed by atoms with Gasteiger partial charge in [-0.1, -0.05) is 24.3 Å². The Morgan fingerprint density at radius 3 is 2.06 bits per heavy atom. The molecule has 0 aliphatic carbocycles. The molecule has 194 valence electrons. The van der Waals surface area contributed by atoms with Crippen LogP contribution in [0.25, 0.3) is 0 Å². The maximum Gasteiger partial charge on any atom is 0.303 e. The second kappa shape index (κ2) is 12.8. The lowest BCUT2D eigenvalue weighted by molar-refractivity contribution is -0.233. The maximum absolute atomic E-state index is 12.0. The van der Waals surface area contributed by atoms with E-state index in [1.165, 1.54) is 20.8 Å². The molecule has 1 saturated heterocycles. The van der Waals surface area contributed by atoms with Crippen LogP contribution in [0.4, 0.5) is 0 Å². The van der Waals surface area contributed by atoms with Crippen LogP contribution >= 0.6 is 35.2 Å². The first-order valence-electron chi connectivity index (χ1n) is 11.4. The Labute approximate surface area is 229 Å². The smallest absolute Gasteiger partial charge is 0.303 e. The van der Waals surface area contributed by atoms with Gasteiger partial charge in [-0.15, -0.1) is 12.6 Å². The van der Waals surface area contributed by atoms with Crippen LogP contribution in [0.15, 0.2) is 42.5 Å².